The number of nitrogens with one attached hydrogen (secondary N) is 2. The lowest BCUT2D eigenvalue weighted by Gasteiger charge is -2.27. The summed E-state index contributed by atoms with van der Waals surface area (Å²) in [5.74, 6) is -0.0695. The van der Waals surface area contributed by atoms with E-state index in [-0.39, 0.29) is 30.7 Å². The molecule has 2 aromatic rings. The van der Waals surface area contributed by atoms with Gasteiger partial charge in [0.15, 0.2) is 0 Å². The SMILES string of the molecule is Cl.Cl.O=C(Nc1ccccc1)c1ccc(CN2CCNCC2)cc1. The largest absolute Gasteiger partial charge is 0.322 e. The highest BCUT2D eigenvalue weighted by Crippen LogP contribution is 2.11. The number of benzene rings is 2. The Kier molecular flexibility index (Phi) is 8.79. The Hall–Kier alpha value is -1.59. The molecule has 24 heavy (non-hydrogen) atoms. The van der Waals surface area contributed by atoms with Crippen LogP contribution in [0.5, 0.6) is 0 Å². The standard InChI is InChI=1S/C18H21N3O.2ClH/c22-18(20-17-4-2-1-3-5-17)16-8-6-15(7-9-16)14-21-12-10-19-11-13-21;;/h1-9,19H,10-14H2,(H,20,22);2*1H. The first-order chi connectivity index (χ1) is 10.8. The molecule has 3 rings (SSSR count). The summed E-state index contributed by atoms with van der Waals surface area (Å²) >= 11 is 0. The molecule has 0 spiro atoms. The molecule has 0 aromatic heterocycles. The maximum absolute atomic E-state index is 12.2. The molecule has 2 aromatic carbocycles. The van der Waals surface area contributed by atoms with Crippen LogP contribution in [0.4, 0.5) is 5.69 Å². The number of amides is 1. The van der Waals surface area contributed by atoms with Crippen molar-refractivity contribution in [3.63, 3.8) is 0 Å². The van der Waals surface area contributed by atoms with Crippen molar-refractivity contribution in [2.24, 2.45) is 0 Å². The third-order valence-electron chi connectivity index (χ3n) is 3.86. The van der Waals surface area contributed by atoms with Crippen LogP contribution in [-0.4, -0.2) is 37.0 Å². The fourth-order valence-electron chi connectivity index (χ4n) is 2.61. The van der Waals surface area contributed by atoms with E-state index >= 15 is 0 Å². The van der Waals surface area contributed by atoms with Gasteiger partial charge in [-0.2, -0.15) is 0 Å². The van der Waals surface area contributed by atoms with Crippen molar-refractivity contribution < 1.29 is 4.79 Å². The summed E-state index contributed by atoms with van der Waals surface area (Å²) in [5, 5.41) is 6.25. The molecule has 2 N–H and O–H groups in total. The van der Waals surface area contributed by atoms with Crippen LogP contribution < -0.4 is 10.6 Å². The summed E-state index contributed by atoms with van der Waals surface area (Å²) in [7, 11) is 0. The Balaban J connectivity index is 0.00000144. The van der Waals surface area contributed by atoms with E-state index in [2.05, 4.69) is 15.5 Å². The van der Waals surface area contributed by atoms with Crippen LogP contribution in [0.2, 0.25) is 0 Å². The number of halogens is 2. The first-order valence-electron chi connectivity index (χ1n) is 7.70. The van der Waals surface area contributed by atoms with Crippen LogP contribution in [0.1, 0.15) is 15.9 Å². The quantitative estimate of drug-likeness (QED) is 0.871. The predicted molar refractivity (Wildman–Crippen MR) is 103 cm³/mol. The Morgan fingerprint density at radius 2 is 1.58 bits per heavy atom. The van der Waals surface area contributed by atoms with Gasteiger partial charge in [0.2, 0.25) is 0 Å². The fourth-order valence-corrected chi connectivity index (χ4v) is 2.61. The van der Waals surface area contributed by atoms with Crippen molar-refractivity contribution in [2.45, 2.75) is 6.54 Å². The van der Waals surface area contributed by atoms with E-state index in [4.69, 9.17) is 0 Å². The van der Waals surface area contributed by atoms with Gasteiger partial charge in [-0.25, -0.2) is 0 Å². The van der Waals surface area contributed by atoms with Gasteiger partial charge in [-0.3, -0.25) is 9.69 Å². The number of carbonyl (C=O) groups excluding carboxylic acids is 1. The molecule has 0 unspecified atom stereocenters. The number of nitrogens with zero attached hydrogens (tertiary/aromatic N) is 1. The lowest BCUT2D eigenvalue weighted by Crippen LogP contribution is -2.42. The molecular formula is C18H23Cl2N3O. The van der Waals surface area contributed by atoms with Crippen LogP contribution in [0, 0.1) is 0 Å². The summed E-state index contributed by atoms with van der Waals surface area (Å²) in [4.78, 5) is 14.6. The van der Waals surface area contributed by atoms with Crippen molar-refractivity contribution in [1.82, 2.24) is 10.2 Å². The van der Waals surface area contributed by atoms with Gasteiger partial charge in [0, 0.05) is 44.0 Å². The molecule has 1 fully saturated rings. The van der Waals surface area contributed by atoms with Crippen LogP contribution >= 0.6 is 24.8 Å². The molecule has 4 nitrogen and oxygen atoms in total. The van der Waals surface area contributed by atoms with E-state index in [0.717, 1.165) is 38.4 Å². The molecule has 0 bridgehead atoms. The molecule has 1 aliphatic heterocycles. The molecule has 0 aliphatic carbocycles. The van der Waals surface area contributed by atoms with Gasteiger partial charge < -0.3 is 10.6 Å². The lowest BCUT2D eigenvalue weighted by molar-refractivity contribution is 0.102. The third-order valence-corrected chi connectivity index (χ3v) is 3.86. The molecular weight excluding hydrogens is 345 g/mol. The average Bonchev–Trinajstić information content (AvgIpc) is 2.57. The second kappa shape index (κ2) is 10.3. The van der Waals surface area contributed by atoms with Gasteiger partial charge in [-0.15, -0.1) is 24.8 Å². The van der Waals surface area contributed by atoms with Crippen LogP contribution in [0.25, 0.3) is 0 Å². The molecule has 1 saturated heterocycles. The Bertz CT molecular complexity index is 614. The molecule has 0 saturated carbocycles. The number of rotatable bonds is 4. The minimum atomic E-state index is -0.0695. The highest BCUT2D eigenvalue weighted by molar-refractivity contribution is 6.04. The highest BCUT2D eigenvalue weighted by atomic mass is 35.5. The van der Waals surface area contributed by atoms with Gasteiger partial charge in [0.25, 0.3) is 5.91 Å². The minimum Gasteiger partial charge on any atom is -0.322 e. The van der Waals surface area contributed by atoms with Crippen molar-refractivity contribution in [3.05, 3.63) is 65.7 Å². The average molecular weight is 368 g/mol. The number of anilines is 1. The normalized spacial score (nSPS) is 14.2. The number of hydrogen-bond donors (Lipinski definition) is 2. The molecule has 0 atom stereocenters. The van der Waals surface area contributed by atoms with Crippen molar-refractivity contribution >= 4 is 36.4 Å². The molecule has 0 radical (unpaired) electrons. The number of hydrogen-bond acceptors (Lipinski definition) is 3. The zero-order chi connectivity index (χ0) is 15.2. The van der Waals surface area contributed by atoms with Crippen LogP contribution in [-0.2, 0) is 6.54 Å². The first-order valence-corrected chi connectivity index (χ1v) is 7.70. The van der Waals surface area contributed by atoms with Gasteiger partial charge >= 0.3 is 0 Å². The van der Waals surface area contributed by atoms with Crippen LogP contribution in [0.15, 0.2) is 54.6 Å². The predicted octanol–water partition coefficient (Wildman–Crippen LogP) is 3.19. The van der Waals surface area contributed by atoms with E-state index in [1.165, 1.54) is 5.56 Å². The second-order valence-corrected chi connectivity index (χ2v) is 5.54. The van der Waals surface area contributed by atoms with E-state index in [9.17, 15) is 4.79 Å². The molecule has 1 amide bonds. The van der Waals surface area contributed by atoms with Gasteiger partial charge in [0.1, 0.15) is 0 Å². The fraction of sp³-hybridized carbons (Fsp3) is 0.278. The Morgan fingerprint density at radius 3 is 2.21 bits per heavy atom. The summed E-state index contributed by atoms with van der Waals surface area (Å²) in [6.07, 6.45) is 0. The number of carbonyl (C=O) groups is 1. The number of piperazine rings is 1. The zero-order valence-electron chi connectivity index (χ0n) is 13.4. The third kappa shape index (κ3) is 5.80. The monoisotopic (exact) mass is 367 g/mol. The van der Waals surface area contributed by atoms with Gasteiger partial charge in [0.05, 0.1) is 0 Å². The topological polar surface area (TPSA) is 44.4 Å². The first kappa shape index (κ1) is 20.5. The Labute approximate surface area is 155 Å². The van der Waals surface area contributed by atoms with E-state index in [1.54, 1.807) is 0 Å². The minimum absolute atomic E-state index is 0. The molecule has 6 heteroatoms. The van der Waals surface area contributed by atoms with Crippen molar-refractivity contribution in [3.8, 4) is 0 Å². The van der Waals surface area contributed by atoms with E-state index < -0.39 is 0 Å². The molecule has 1 heterocycles. The second-order valence-electron chi connectivity index (χ2n) is 5.54. The summed E-state index contributed by atoms with van der Waals surface area (Å²) in [5.41, 5.74) is 2.75. The van der Waals surface area contributed by atoms with E-state index in [0.29, 0.717) is 5.56 Å². The Morgan fingerprint density at radius 1 is 0.958 bits per heavy atom. The summed E-state index contributed by atoms with van der Waals surface area (Å²) in [6.45, 7) is 5.21. The van der Waals surface area contributed by atoms with Crippen LogP contribution in [0.3, 0.4) is 0 Å². The highest BCUT2D eigenvalue weighted by Gasteiger charge is 2.10. The lowest BCUT2D eigenvalue weighted by atomic mass is 10.1. The van der Waals surface area contributed by atoms with Crippen molar-refractivity contribution in [2.75, 3.05) is 31.5 Å². The summed E-state index contributed by atoms with van der Waals surface area (Å²) in [6, 6.07) is 17.4. The zero-order valence-corrected chi connectivity index (χ0v) is 15.0. The number of para-hydroxylation sites is 1. The van der Waals surface area contributed by atoms with E-state index in [1.807, 2.05) is 54.6 Å². The van der Waals surface area contributed by atoms with Gasteiger partial charge in [-0.05, 0) is 29.8 Å². The van der Waals surface area contributed by atoms with Crippen molar-refractivity contribution in [1.29, 1.82) is 0 Å². The molecule has 1 aliphatic rings. The maximum Gasteiger partial charge on any atom is 0.255 e. The van der Waals surface area contributed by atoms with Gasteiger partial charge in [-0.1, -0.05) is 30.3 Å². The summed E-state index contributed by atoms with van der Waals surface area (Å²) < 4.78 is 0. The molecule has 130 valence electrons. The smallest absolute Gasteiger partial charge is 0.255 e. The maximum atomic E-state index is 12.2.